The van der Waals surface area contributed by atoms with Crippen molar-refractivity contribution >= 4 is 6.09 Å². The molecule has 0 aromatic rings. The lowest BCUT2D eigenvalue weighted by Gasteiger charge is -2.64. The second-order valence-electron chi connectivity index (χ2n) is 21.8. The first-order chi connectivity index (χ1) is 25.6. The van der Waals surface area contributed by atoms with Crippen LogP contribution in [0.4, 0.5) is 4.79 Å². The van der Waals surface area contributed by atoms with E-state index in [9.17, 15) is 9.90 Å². The molecule has 9 heteroatoms. The van der Waals surface area contributed by atoms with Gasteiger partial charge in [-0.2, -0.15) is 0 Å². The van der Waals surface area contributed by atoms with Gasteiger partial charge in [-0.15, -0.1) is 0 Å². The molecule has 4 aliphatic heterocycles. The number of carbonyl (C=O) groups excluding carboxylic acids is 1. The third-order valence-corrected chi connectivity index (χ3v) is 19.1. The Balaban J connectivity index is 0.897. The minimum Gasteiger partial charge on any atom is -0.443 e. The minimum atomic E-state index is -0.514. The summed E-state index contributed by atoms with van der Waals surface area (Å²) >= 11 is 0. The maximum absolute atomic E-state index is 13.0. The predicted octanol–water partition coefficient (Wildman–Crippen LogP) is 7.19. The van der Waals surface area contributed by atoms with Gasteiger partial charge in [0, 0.05) is 56.8 Å². The van der Waals surface area contributed by atoms with Crippen molar-refractivity contribution in [2.24, 2.45) is 56.7 Å². The summed E-state index contributed by atoms with van der Waals surface area (Å²) in [5, 5.41) is 12.8. The van der Waals surface area contributed by atoms with E-state index in [2.05, 4.69) is 72.1 Å². The summed E-state index contributed by atoms with van der Waals surface area (Å²) in [6.07, 6.45) is 10.4. The normalized spacial score (nSPS) is 49.7. The minimum absolute atomic E-state index is 0.0156. The van der Waals surface area contributed by atoms with E-state index in [4.69, 9.17) is 18.9 Å². The first-order valence-corrected chi connectivity index (χ1v) is 22.7. The van der Waals surface area contributed by atoms with Gasteiger partial charge in [-0.1, -0.05) is 55.4 Å². The van der Waals surface area contributed by atoms with E-state index < -0.39 is 6.10 Å². The van der Waals surface area contributed by atoms with E-state index in [0.29, 0.717) is 46.6 Å². The molecule has 0 aromatic heterocycles. The van der Waals surface area contributed by atoms with E-state index in [1.165, 1.54) is 58.0 Å². The van der Waals surface area contributed by atoms with Gasteiger partial charge in [0.25, 0.3) is 0 Å². The number of fused-ring (bicyclic) bond motifs is 4. The molecule has 306 valence electrons. The fraction of sp³-hybridized carbons (Fsp3) is 0.978. The number of ether oxygens (including phenoxy) is 4. The molecule has 9 aliphatic rings. The third kappa shape index (κ3) is 5.31. The van der Waals surface area contributed by atoms with Gasteiger partial charge in [-0.3, -0.25) is 9.80 Å². The van der Waals surface area contributed by atoms with Crippen LogP contribution in [0.1, 0.15) is 127 Å². The number of amides is 1. The van der Waals surface area contributed by atoms with E-state index in [1.807, 2.05) is 4.90 Å². The molecule has 15 atom stereocenters. The van der Waals surface area contributed by atoms with Gasteiger partial charge in [0.15, 0.2) is 6.29 Å². The molecule has 15 unspecified atom stereocenters. The molecule has 2 spiro atoms. The van der Waals surface area contributed by atoms with Crippen molar-refractivity contribution in [1.82, 2.24) is 14.7 Å². The van der Waals surface area contributed by atoms with Gasteiger partial charge < -0.3 is 29.0 Å². The second-order valence-corrected chi connectivity index (χ2v) is 21.8. The molecule has 5 saturated carbocycles. The summed E-state index contributed by atoms with van der Waals surface area (Å²) in [6.45, 7) is 28.0. The molecule has 9 fully saturated rings. The molecule has 4 heterocycles. The maximum atomic E-state index is 13.0. The molecule has 0 aromatic carbocycles. The molecular formula is C45H75N3O6. The van der Waals surface area contributed by atoms with Crippen LogP contribution in [0.15, 0.2) is 0 Å². The molecule has 1 N–H and O–H groups in total. The Morgan fingerprint density at radius 3 is 2.35 bits per heavy atom. The summed E-state index contributed by atoms with van der Waals surface area (Å²) < 4.78 is 26.7. The van der Waals surface area contributed by atoms with Crippen molar-refractivity contribution in [3.63, 3.8) is 0 Å². The van der Waals surface area contributed by atoms with E-state index in [1.54, 1.807) is 0 Å². The Kier molecular flexibility index (Phi) is 9.47. The Morgan fingerprint density at radius 1 is 0.944 bits per heavy atom. The van der Waals surface area contributed by atoms with Crippen LogP contribution in [0, 0.1) is 56.7 Å². The number of morpholine rings is 1. The highest BCUT2D eigenvalue weighted by atomic mass is 16.7. The van der Waals surface area contributed by atoms with Gasteiger partial charge in [0.1, 0.15) is 6.10 Å². The fourth-order valence-corrected chi connectivity index (χ4v) is 15.7. The zero-order chi connectivity index (χ0) is 38.2. The maximum Gasteiger partial charge on any atom is 0.410 e. The first kappa shape index (κ1) is 38.5. The fourth-order valence-electron chi connectivity index (χ4n) is 15.7. The van der Waals surface area contributed by atoms with E-state index in [-0.39, 0.29) is 59.0 Å². The average molecular weight is 754 g/mol. The third-order valence-electron chi connectivity index (χ3n) is 19.1. The van der Waals surface area contributed by atoms with Crippen molar-refractivity contribution in [3.8, 4) is 0 Å². The zero-order valence-electron chi connectivity index (χ0n) is 35.4. The average Bonchev–Trinajstić information content (AvgIpc) is 3.71. The summed E-state index contributed by atoms with van der Waals surface area (Å²) in [7, 11) is 0. The lowest BCUT2D eigenvalue weighted by Crippen LogP contribution is -2.64. The van der Waals surface area contributed by atoms with Crippen molar-refractivity contribution in [2.75, 3.05) is 45.9 Å². The van der Waals surface area contributed by atoms with Crippen LogP contribution < -0.4 is 0 Å². The van der Waals surface area contributed by atoms with Crippen LogP contribution in [0.3, 0.4) is 0 Å². The second kappa shape index (κ2) is 13.3. The molecule has 9 nitrogen and oxygen atoms in total. The number of likely N-dealkylation sites (tertiary alicyclic amines) is 2. The molecule has 4 saturated heterocycles. The van der Waals surface area contributed by atoms with Crippen LogP contribution in [-0.2, 0) is 18.9 Å². The molecule has 54 heavy (non-hydrogen) atoms. The Labute approximate surface area is 326 Å². The Hall–Kier alpha value is -0.970. The van der Waals surface area contributed by atoms with Crippen LogP contribution in [0.25, 0.3) is 0 Å². The number of nitrogens with zero attached hydrogens (tertiary/aromatic N) is 3. The van der Waals surface area contributed by atoms with Gasteiger partial charge in [-0.25, -0.2) is 4.79 Å². The SMILES string of the molecule is CCC(C)N1CC(N2CCOC(OC3CCC45CC46CCC4(C)C7C(C)CC(C(OC(=O)N8CCC8)C(C)C)OC7C(O)C4(C)C6CCC5C3(C)C)C2)C1. The lowest BCUT2D eigenvalue weighted by atomic mass is 9.41. The van der Waals surface area contributed by atoms with E-state index >= 15 is 0 Å². The molecule has 5 aliphatic carbocycles. The first-order valence-electron chi connectivity index (χ1n) is 22.7. The van der Waals surface area contributed by atoms with E-state index in [0.717, 1.165) is 52.0 Å². The van der Waals surface area contributed by atoms with Crippen LogP contribution in [-0.4, -0.2) is 121 Å². The Bertz CT molecular complexity index is 1430. The van der Waals surface area contributed by atoms with Crippen LogP contribution in [0.2, 0.25) is 0 Å². The largest absolute Gasteiger partial charge is 0.443 e. The standard InChI is InChI=1S/C45H75N3O6/c1-10-29(5)48-23-30(24-48)47-20-21-51-35(25-47)53-34-14-15-44-26-45(44)17-16-42(8)36-28(4)22-31(37(27(2)3)54-40(50)46-18-11-19-46)52-38(36)39(49)43(42,9)33(45)13-12-32(44)41(34,6)7/h27-39,49H,10-26H2,1-9H3. The Morgan fingerprint density at radius 2 is 1.67 bits per heavy atom. The number of carbonyl (C=O) groups is 1. The van der Waals surface area contributed by atoms with Gasteiger partial charge in [0.05, 0.1) is 31.0 Å². The van der Waals surface area contributed by atoms with Gasteiger partial charge in [0.2, 0.25) is 0 Å². The molecule has 9 rings (SSSR count). The predicted molar refractivity (Wildman–Crippen MR) is 209 cm³/mol. The van der Waals surface area contributed by atoms with Crippen molar-refractivity contribution in [1.29, 1.82) is 0 Å². The highest BCUT2D eigenvalue weighted by molar-refractivity contribution is 5.68. The van der Waals surface area contributed by atoms with Crippen molar-refractivity contribution in [2.45, 2.75) is 175 Å². The zero-order valence-corrected chi connectivity index (χ0v) is 35.4. The molecular weight excluding hydrogens is 679 g/mol. The van der Waals surface area contributed by atoms with Gasteiger partial charge in [-0.05, 0) is 122 Å². The highest BCUT2D eigenvalue weighted by Crippen LogP contribution is 2.89. The highest BCUT2D eigenvalue weighted by Gasteiger charge is 2.84. The summed E-state index contributed by atoms with van der Waals surface area (Å²) in [5.41, 5.74) is 0.548. The monoisotopic (exact) mass is 754 g/mol. The number of hydrogen-bond donors (Lipinski definition) is 1. The van der Waals surface area contributed by atoms with Crippen molar-refractivity contribution in [3.05, 3.63) is 0 Å². The molecule has 1 amide bonds. The number of aliphatic hydroxyl groups is 1. The number of aliphatic hydroxyl groups excluding tert-OH is 1. The molecule has 0 radical (unpaired) electrons. The quantitative estimate of drug-likeness (QED) is 0.279. The number of hydrogen-bond acceptors (Lipinski definition) is 8. The summed E-state index contributed by atoms with van der Waals surface area (Å²) in [5.74, 6) is 1.99. The summed E-state index contributed by atoms with van der Waals surface area (Å²) in [4.78, 5) is 20.1. The number of rotatable bonds is 8. The van der Waals surface area contributed by atoms with Crippen LogP contribution in [0.5, 0.6) is 0 Å². The smallest absolute Gasteiger partial charge is 0.410 e. The van der Waals surface area contributed by atoms with Crippen LogP contribution >= 0.6 is 0 Å². The van der Waals surface area contributed by atoms with Crippen molar-refractivity contribution < 1.29 is 28.8 Å². The lowest BCUT2D eigenvalue weighted by molar-refractivity contribution is -0.253. The van der Waals surface area contributed by atoms with Gasteiger partial charge >= 0.3 is 6.09 Å². The molecule has 0 bridgehead atoms. The summed E-state index contributed by atoms with van der Waals surface area (Å²) in [6, 6.07) is 1.31. The topological polar surface area (TPSA) is 83.9 Å².